The van der Waals surface area contributed by atoms with Crippen LogP contribution in [-0.2, 0) is 99.6 Å². The van der Waals surface area contributed by atoms with E-state index in [0.29, 0.717) is 0 Å². The van der Waals surface area contributed by atoms with E-state index in [9.17, 15) is 19.2 Å². The maximum Gasteiger partial charge on any atom is 0.155 e. The summed E-state index contributed by atoms with van der Waals surface area (Å²) in [5, 5.41) is 33.5. The number of allylic oxidation sites excluding steroid dienone is 8. The smallest absolute Gasteiger partial charge is 0.155 e. The zero-order valence-corrected chi connectivity index (χ0v) is 72.8. The van der Waals surface area contributed by atoms with Crippen LogP contribution in [0.15, 0.2) is 309 Å². The van der Waals surface area contributed by atoms with E-state index in [1.165, 1.54) is 152 Å². The van der Waals surface area contributed by atoms with Gasteiger partial charge in [-0.15, -0.1) is 143 Å². The SMILES string of the molecule is C.C.C.C.CC(=O)C=C(C)O.CC(=O)C=C(C)O.CC(=O)C=C(C)O.CC(=O)C=C(C)O.Cc1cc[c-]c(-c2cc(-c3ccccc3)ccn2)c1.Cc1ccc(-c2ccnc(-c3[c-]cccc3)c2)c(C)c1.Cc1ccc(-c2ccnc(-c3[c-]cccc3)c2)cc1.Cc1cccc(-c2ccnc(-c3[c-]cccc3)c2)c1.[Ir].[Ir].[Ir].[Ir]. The molecule has 113 heavy (non-hydrogen) atoms. The molecule has 0 aliphatic rings. The Morgan fingerprint density at radius 3 is 0.912 bits per heavy atom. The first-order valence-electron chi connectivity index (χ1n) is 33.8. The van der Waals surface area contributed by atoms with E-state index in [0.717, 1.165) is 45.0 Å². The summed E-state index contributed by atoms with van der Waals surface area (Å²) in [6, 6.07) is 93.3. The monoisotopic (exact) mass is 2230 g/mol. The second-order valence-corrected chi connectivity index (χ2v) is 24.3. The van der Waals surface area contributed by atoms with E-state index >= 15 is 0 Å². The molecule has 4 aromatic heterocycles. The van der Waals surface area contributed by atoms with Gasteiger partial charge in [-0.25, -0.2) is 0 Å². The molecule has 0 fully saturated rings. The number of aliphatic hydroxyl groups is 4. The van der Waals surface area contributed by atoms with Crippen LogP contribution in [0.4, 0.5) is 0 Å². The van der Waals surface area contributed by atoms with Gasteiger partial charge in [0.2, 0.25) is 0 Å². The van der Waals surface area contributed by atoms with Crippen molar-refractivity contribution in [3.05, 3.63) is 361 Å². The van der Waals surface area contributed by atoms with Gasteiger partial charge in [-0.3, -0.25) is 19.2 Å². The van der Waals surface area contributed by atoms with Crippen molar-refractivity contribution in [1.29, 1.82) is 0 Å². The van der Waals surface area contributed by atoms with Crippen molar-refractivity contribution in [2.75, 3.05) is 0 Å². The molecule has 0 saturated carbocycles. The molecule has 0 aliphatic carbocycles. The third-order valence-corrected chi connectivity index (χ3v) is 14.4. The Hall–Kier alpha value is -10.2. The number of aryl methyl sites for hydroxylation is 5. The minimum absolute atomic E-state index is 0. The van der Waals surface area contributed by atoms with Crippen LogP contribution >= 0.6 is 0 Å². The number of nitrogens with zero attached hydrogens (tertiary/aromatic N) is 4. The van der Waals surface area contributed by atoms with E-state index in [-0.39, 0.29) is 156 Å². The molecule has 4 N–H and O–H groups in total. The fourth-order valence-corrected chi connectivity index (χ4v) is 9.92. The van der Waals surface area contributed by atoms with Crippen LogP contribution in [0.1, 0.15) is 113 Å². The summed E-state index contributed by atoms with van der Waals surface area (Å²) in [4.78, 5) is 57.8. The number of benzene rings is 8. The topological polar surface area (TPSA) is 201 Å². The van der Waals surface area contributed by atoms with Crippen LogP contribution in [0, 0.1) is 58.9 Å². The van der Waals surface area contributed by atoms with Gasteiger partial charge in [-0.1, -0.05) is 175 Å². The maximum atomic E-state index is 10.0. The van der Waals surface area contributed by atoms with Gasteiger partial charge in [0, 0.05) is 130 Å². The number of aromatic nitrogens is 4. The zero-order valence-electron chi connectivity index (χ0n) is 63.2. The van der Waals surface area contributed by atoms with Crippen molar-refractivity contribution >= 4 is 23.1 Å². The Balaban J connectivity index is -0.000000618. The van der Waals surface area contributed by atoms with Crippen molar-refractivity contribution in [2.24, 2.45) is 0 Å². The average Bonchev–Trinajstić information content (AvgIpc) is 0.795. The Bertz CT molecular complexity index is 4630. The third-order valence-electron chi connectivity index (χ3n) is 14.4. The summed E-state index contributed by atoms with van der Waals surface area (Å²) in [6.07, 6.45) is 12.1. The van der Waals surface area contributed by atoms with Gasteiger partial charge in [0.1, 0.15) is 0 Å². The van der Waals surface area contributed by atoms with Crippen LogP contribution in [0.2, 0.25) is 0 Å². The molecular weight excluding hydrogens is 2120 g/mol. The molecule has 0 spiro atoms. The quantitative estimate of drug-likeness (QED) is 0.0513. The number of hydrogen-bond acceptors (Lipinski definition) is 12. The zero-order chi connectivity index (χ0) is 76.6. The van der Waals surface area contributed by atoms with Gasteiger partial charge in [0.05, 0.1) is 23.0 Å². The molecule has 12 aromatic rings. The molecule has 4 radical (unpaired) electrons. The van der Waals surface area contributed by atoms with E-state index < -0.39 is 0 Å². The Kier molecular flexibility index (Phi) is 57.5. The summed E-state index contributed by atoms with van der Waals surface area (Å²) < 4.78 is 0. The first-order chi connectivity index (χ1) is 50.2. The van der Waals surface area contributed by atoms with Gasteiger partial charge in [-0.2, -0.15) is 0 Å². The summed E-state index contributed by atoms with van der Waals surface area (Å²) >= 11 is 0. The summed E-state index contributed by atoms with van der Waals surface area (Å²) in [5.41, 5.74) is 23.9. The van der Waals surface area contributed by atoms with E-state index in [4.69, 9.17) is 20.4 Å². The molecule has 16 heteroatoms. The standard InChI is InChI=1S/C19H16N.3C18H14N.4C5H8O2.4CH4.4Ir/c1-14-8-9-18(15(2)12-14)17-10-11-20-19(13-17)16-6-4-3-5-7-16;1-14-6-5-9-17(12-14)18-13-16(10-11-19-18)15-7-3-2-4-8-15;1-14-6-5-9-16(12-14)17-10-11-19-18(13-17)15-7-3-2-4-8-15;1-14-7-9-15(10-8-14)17-11-12-19-18(13-17)16-5-3-2-4-6-16;4*1-4(6)3-5(2)7;;;;;;;;/h3-6,8-13H,1-2H3;2-8,10-13H,1H3;2-7,9-13H,1H3;2-5,7-13H,1H3;4*3,6H,1-2H3;4*1H4;;;;/q4*-1;;;;;;;;;;;;. The number of carbonyl (C=O) groups is 4. The van der Waals surface area contributed by atoms with Crippen LogP contribution in [0.25, 0.3) is 89.5 Å². The van der Waals surface area contributed by atoms with Crippen molar-refractivity contribution < 1.29 is 120 Å². The second-order valence-electron chi connectivity index (χ2n) is 24.3. The first kappa shape index (κ1) is 109. The van der Waals surface area contributed by atoms with Crippen LogP contribution < -0.4 is 0 Å². The fraction of sp³-hybridized carbons (Fsp3) is 0.175. The Morgan fingerprint density at radius 2 is 0.575 bits per heavy atom. The van der Waals surface area contributed by atoms with Crippen LogP contribution in [0.5, 0.6) is 0 Å². The molecule has 0 bridgehead atoms. The van der Waals surface area contributed by atoms with Crippen molar-refractivity contribution in [3.8, 4) is 89.5 Å². The Labute approximate surface area is 727 Å². The maximum absolute atomic E-state index is 10.0. The number of carbonyl (C=O) groups excluding carboxylic acids is 4. The molecule has 0 amide bonds. The van der Waals surface area contributed by atoms with Gasteiger partial charge in [-0.05, 0) is 180 Å². The number of pyridine rings is 4. The van der Waals surface area contributed by atoms with Gasteiger partial charge in [0.15, 0.2) is 23.1 Å². The van der Waals surface area contributed by atoms with Gasteiger partial charge >= 0.3 is 0 Å². The van der Waals surface area contributed by atoms with Crippen LogP contribution in [0.3, 0.4) is 0 Å². The third kappa shape index (κ3) is 43.4. The summed E-state index contributed by atoms with van der Waals surface area (Å²) in [6.45, 7) is 21.9. The van der Waals surface area contributed by atoms with E-state index in [1.54, 1.807) is 0 Å². The van der Waals surface area contributed by atoms with E-state index in [1.807, 2.05) is 146 Å². The molecule has 0 aliphatic heterocycles. The Morgan fingerprint density at radius 1 is 0.274 bits per heavy atom. The fourth-order valence-electron chi connectivity index (χ4n) is 9.92. The molecular formula is C97H106Ir4N4O8-4. The van der Waals surface area contributed by atoms with Crippen LogP contribution in [-0.4, -0.2) is 63.5 Å². The van der Waals surface area contributed by atoms with Crippen molar-refractivity contribution in [2.45, 2.75) is 120 Å². The van der Waals surface area contributed by atoms with Crippen molar-refractivity contribution in [1.82, 2.24) is 19.9 Å². The molecule has 4 heterocycles. The predicted octanol–water partition coefficient (Wildman–Crippen LogP) is 25.1. The molecule has 0 saturated heterocycles. The number of aliphatic hydroxyl groups excluding tert-OH is 4. The number of rotatable bonds is 12. The second kappa shape index (κ2) is 59.5. The molecule has 12 rings (SSSR count). The minimum atomic E-state index is -0.125. The number of ketones is 4. The molecule has 0 atom stereocenters. The molecule has 602 valence electrons. The summed E-state index contributed by atoms with van der Waals surface area (Å²) in [7, 11) is 0. The van der Waals surface area contributed by atoms with Crippen molar-refractivity contribution in [3.63, 3.8) is 0 Å². The molecule has 12 nitrogen and oxygen atoms in total. The normalized spacial score (nSPS) is 9.92. The predicted molar refractivity (Wildman–Crippen MR) is 455 cm³/mol. The first-order valence-corrected chi connectivity index (χ1v) is 33.8. The molecule has 8 aromatic carbocycles. The largest absolute Gasteiger partial charge is 0.512 e. The molecule has 0 unspecified atom stereocenters. The van der Waals surface area contributed by atoms with E-state index in [2.05, 4.69) is 194 Å². The minimum Gasteiger partial charge on any atom is -0.512 e. The average molecular weight is 2220 g/mol. The number of hydrogen-bond donors (Lipinski definition) is 4. The van der Waals surface area contributed by atoms with Gasteiger partial charge < -0.3 is 40.4 Å². The summed E-state index contributed by atoms with van der Waals surface area (Å²) in [5.74, 6) is -0.250. The van der Waals surface area contributed by atoms with Gasteiger partial charge in [0.25, 0.3) is 0 Å².